The fraction of sp³-hybridized carbons (Fsp3) is 0.611. The molecule has 3 aliphatic heterocycles. The molecule has 0 aromatic heterocycles. The molecule has 5 atom stereocenters. The fourth-order valence-corrected chi connectivity index (χ4v) is 3.62. The first-order valence-corrected chi connectivity index (χ1v) is 8.67. The lowest BCUT2D eigenvalue weighted by atomic mass is 9.98. The van der Waals surface area contributed by atoms with Crippen molar-refractivity contribution < 1.29 is 37.3 Å². The van der Waals surface area contributed by atoms with Gasteiger partial charge >= 0.3 is 0 Å². The molecule has 27 heavy (non-hydrogen) atoms. The van der Waals surface area contributed by atoms with Gasteiger partial charge in [0.05, 0.1) is 5.69 Å². The average Bonchev–Trinajstić information content (AvgIpc) is 3.04. The van der Waals surface area contributed by atoms with Crippen molar-refractivity contribution in [1.82, 2.24) is 0 Å². The van der Waals surface area contributed by atoms with Gasteiger partial charge in [-0.1, -0.05) is 0 Å². The number of nitrogens with one attached hydrogen (secondary N) is 1. The quantitative estimate of drug-likeness (QED) is 0.842. The van der Waals surface area contributed by atoms with Gasteiger partial charge in [0.15, 0.2) is 24.0 Å². The van der Waals surface area contributed by atoms with Crippen LogP contribution in [0, 0.1) is 11.6 Å². The number of anilines is 1. The third-order valence-corrected chi connectivity index (χ3v) is 4.60. The van der Waals surface area contributed by atoms with Gasteiger partial charge < -0.3 is 29.0 Å². The van der Waals surface area contributed by atoms with Crippen molar-refractivity contribution in [2.45, 2.75) is 70.0 Å². The van der Waals surface area contributed by atoms with Crippen molar-refractivity contribution in [3.8, 4) is 0 Å². The van der Waals surface area contributed by atoms with E-state index in [1.807, 2.05) is 0 Å². The molecule has 1 amide bonds. The molecule has 1 N–H and O–H groups in total. The average molecular weight is 385 g/mol. The first kappa shape index (κ1) is 18.7. The summed E-state index contributed by atoms with van der Waals surface area (Å²) >= 11 is 0. The number of carbonyl (C=O) groups is 1. The van der Waals surface area contributed by atoms with Crippen LogP contribution in [-0.2, 0) is 28.5 Å². The molecule has 0 radical (unpaired) electrons. The molecule has 0 bridgehead atoms. The maximum absolute atomic E-state index is 13.9. The second kappa shape index (κ2) is 6.18. The summed E-state index contributed by atoms with van der Waals surface area (Å²) in [6.45, 7) is 6.87. The lowest BCUT2D eigenvalue weighted by molar-refractivity contribution is -0.229. The monoisotopic (exact) mass is 385 g/mol. The third-order valence-electron chi connectivity index (χ3n) is 4.60. The molecule has 1 aromatic rings. The zero-order valence-electron chi connectivity index (χ0n) is 15.3. The van der Waals surface area contributed by atoms with Crippen LogP contribution < -0.4 is 5.32 Å². The SMILES string of the molecule is CC1(C)O[C@@H]2O[C@@H](C(=O)Nc3cc(F)ccc3F)[C@H]3OC(C)(C)O[C@@H]3[C@H]2O1. The van der Waals surface area contributed by atoms with Crippen LogP contribution in [0.2, 0.25) is 0 Å². The molecule has 0 saturated carbocycles. The van der Waals surface area contributed by atoms with E-state index in [4.69, 9.17) is 23.7 Å². The minimum absolute atomic E-state index is 0.288. The maximum Gasteiger partial charge on any atom is 0.256 e. The largest absolute Gasteiger partial charge is 0.342 e. The Hall–Kier alpha value is -1.65. The lowest BCUT2D eigenvalue weighted by Gasteiger charge is -2.36. The van der Waals surface area contributed by atoms with E-state index in [0.29, 0.717) is 0 Å². The minimum atomic E-state index is -1.15. The molecule has 3 saturated heterocycles. The summed E-state index contributed by atoms with van der Waals surface area (Å²) in [7, 11) is 0. The predicted molar refractivity (Wildman–Crippen MR) is 87.5 cm³/mol. The first-order valence-electron chi connectivity index (χ1n) is 8.67. The number of amides is 1. The topological polar surface area (TPSA) is 75.3 Å². The molecule has 0 spiro atoms. The summed E-state index contributed by atoms with van der Waals surface area (Å²) in [4.78, 5) is 12.8. The van der Waals surface area contributed by atoms with Gasteiger partial charge in [-0.15, -0.1) is 0 Å². The number of rotatable bonds is 2. The molecule has 0 aliphatic carbocycles. The molecule has 3 fully saturated rings. The molecule has 9 heteroatoms. The van der Waals surface area contributed by atoms with E-state index in [0.717, 1.165) is 18.2 Å². The smallest absolute Gasteiger partial charge is 0.256 e. The number of fused-ring (bicyclic) bond motifs is 3. The fourth-order valence-electron chi connectivity index (χ4n) is 3.62. The number of halogens is 2. The van der Waals surface area contributed by atoms with E-state index in [2.05, 4.69) is 5.32 Å². The van der Waals surface area contributed by atoms with Crippen molar-refractivity contribution in [3.63, 3.8) is 0 Å². The summed E-state index contributed by atoms with van der Waals surface area (Å²) in [6.07, 6.45) is -4.00. The number of carbonyl (C=O) groups excluding carboxylic acids is 1. The van der Waals surface area contributed by atoms with E-state index in [1.165, 1.54) is 0 Å². The first-order chi connectivity index (χ1) is 12.5. The highest BCUT2D eigenvalue weighted by Gasteiger charge is 2.62. The van der Waals surface area contributed by atoms with Gasteiger partial charge in [0.2, 0.25) is 0 Å². The number of benzene rings is 1. The molecular formula is C18H21F2NO6. The van der Waals surface area contributed by atoms with E-state index in [9.17, 15) is 13.6 Å². The van der Waals surface area contributed by atoms with Gasteiger partial charge in [0, 0.05) is 6.07 Å². The van der Waals surface area contributed by atoms with Crippen LogP contribution in [0.1, 0.15) is 27.7 Å². The Morgan fingerprint density at radius 3 is 2.33 bits per heavy atom. The Balaban J connectivity index is 1.60. The van der Waals surface area contributed by atoms with Crippen molar-refractivity contribution >= 4 is 11.6 Å². The number of ether oxygens (including phenoxy) is 5. The second-order valence-corrected chi connectivity index (χ2v) is 7.70. The highest BCUT2D eigenvalue weighted by atomic mass is 19.1. The zero-order valence-corrected chi connectivity index (χ0v) is 15.3. The Bertz CT molecular complexity index is 770. The highest BCUT2D eigenvalue weighted by Crippen LogP contribution is 2.44. The van der Waals surface area contributed by atoms with Crippen LogP contribution >= 0.6 is 0 Å². The van der Waals surface area contributed by atoms with Gasteiger partial charge in [0.25, 0.3) is 5.91 Å². The zero-order chi connectivity index (χ0) is 19.6. The van der Waals surface area contributed by atoms with Crippen LogP contribution in [0.15, 0.2) is 18.2 Å². The normalized spacial score (nSPS) is 36.1. The summed E-state index contributed by atoms with van der Waals surface area (Å²) < 4.78 is 56.4. The second-order valence-electron chi connectivity index (χ2n) is 7.70. The Labute approximate surface area is 154 Å². The summed E-state index contributed by atoms with van der Waals surface area (Å²) in [6, 6.07) is 2.79. The van der Waals surface area contributed by atoms with Gasteiger partial charge in [-0.3, -0.25) is 4.79 Å². The van der Waals surface area contributed by atoms with E-state index < -0.39 is 59.8 Å². The molecule has 0 unspecified atom stereocenters. The van der Waals surface area contributed by atoms with E-state index in [-0.39, 0.29) is 5.69 Å². The van der Waals surface area contributed by atoms with Crippen LogP contribution in [-0.4, -0.2) is 48.2 Å². The third kappa shape index (κ3) is 3.45. The van der Waals surface area contributed by atoms with Crippen molar-refractivity contribution in [2.24, 2.45) is 0 Å². The lowest BCUT2D eigenvalue weighted by Crippen LogP contribution is -2.58. The Kier molecular flexibility index (Phi) is 4.28. The summed E-state index contributed by atoms with van der Waals surface area (Å²) in [5.74, 6) is -4.02. The van der Waals surface area contributed by atoms with Crippen LogP contribution in [0.25, 0.3) is 0 Å². The Morgan fingerprint density at radius 2 is 1.59 bits per heavy atom. The minimum Gasteiger partial charge on any atom is -0.342 e. The van der Waals surface area contributed by atoms with Gasteiger partial charge in [-0.05, 0) is 39.8 Å². The van der Waals surface area contributed by atoms with E-state index in [1.54, 1.807) is 27.7 Å². The number of hydrogen-bond donors (Lipinski definition) is 1. The van der Waals surface area contributed by atoms with Crippen molar-refractivity contribution in [3.05, 3.63) is 29.8 Å². The summed E-state index contributed by atoms with van der Waals surface area (Å²) in [5.41, 5.74) is -0.288. The molecular weight excluding hydrogens is 364 g/mol. The van der Waals surface area contributed by atoms with Gasteiger partial charge in [-0.25, -0.2) is 8.78 Å². The van der Waals surface area contributed by atoms with E-state index >= 15 is 0 Å². The van der Waals surface area contributed by atoms with Gasteiger partial charge in [0.1, 0.15) is 29.9 Å². The number of hydrogen-bond acceptors (Lipinski definition) is 6. The van der Waals surface area contributed by atoms with Crippen LogP contribution in [0.4, 0.5) is 14.5 Å². The van der Waals surface area contributed by atoms with Crippen LogP contribution in [0.3, 0.4) is 0 Å². The summed E-state index contributed by atoms with van der Waals surface area (Å²) in [5, 5.41) is 2.35. The Morgan fingerprint density at radius 1 is 0.963 bits per heavy atom. The molecule has 148 valence electrons. The maximum atomic E-state index is 13.9. The molecule has 1 aromatic carbocycles. The molecule has 4 rings (SSSR count). The van der Waals surface area contributed by atoms with Crippen LogP contribution in [0.5, 0.6) is 0 Å². The van der Waals surface area contributed by atoms with Gasteiger partial charge in [-0.2, -0.15) is 0 Å². The molecule has 3 heterocycles. The van der Waals surface area contributed by atoms with Crippen molar-refractivity contribution in [2.75, 3.05) is 5.32 Å². The predicted octanol–water partition coefficient (Wildman–Crippen LogP) is 2.30. The molecule has 7 nitrogen and oxygen atoms in total. The standard InChI is InChI=1S/C18H21F2NO6/c1-17(2)24-11-12(25-17)14-16(27-18(3,4)26-14)23-13(11)15(22)21-10-7-8(19)5-6-9(10)20/h5-7,11-14,16H,1-4H3,(H,21,22)/t11-,12-,13+,14+,16-/m0/s1. The highest BCUT2D eigenvalue weighted by molar-refractivity contribution is 5.95. The molecule has 3 aliphatic rings. The van der Waals surface area contributed by atoms with Crippen molar-refractivity contribution in [1.29, 1.82) is 0 Å².